The van der Waals surface area contributed by atoms with Crippen molar-refractivity contribution in [1.82, 2.24) is 0 Å². The van der Waals surface area contributed by atoms with E-state index in [0.29, 0.717) is 12.0 Å². The van der Waals surface area contributed by atoms with E-state index in [2.05, 4.69) is 0 Å². The monoisotopic (exact) mass is 229 g/mol. The van der Waals surface area contributed by atoms with Gasteiger partial charge in [-0.25, -0.2) is 8.78 Å². The van der Waals surface area contributed by atoms with Gasteiger partial charge in [-0.1, -0.05) is 19.1 Å². The van der Waals surface area contributed by atoms with Crippen molar-refractivity contribution in [3.05, 3.63) is 29.6 Å². The Morgan fingerprint density at radius 1 is 1.44 bits per heavy atom. The fourth-order valence-electron chi connectivity index (χ4n) is 1.44. The van der Waals surface area contributed by atoms with Crippen molar-refractivity contribution in [3.8, 4) is 5.75 Å². The first-order valence-corrected chi connectivity index (χ1v) is 5.40. The minimum absolute atomic E-state index is 0.0328. The third-order valence-electron chi connectivity index (χ3n) is 2.38. The Bertz CT molecular complexity index is 331. The molecule has 90 valence electrons. The molecule has 0 aromatic heterocycles. The molecule has 2 nitrogen and oxygen atoms in total. The average Bonchev–Trinajstić information content (AvgIpc) is 2.28. The number of hydrogen-bond acceptors (Lipinski definition) is 2. The highest BCUT2D eigenvalue weighted by molar-refractivity contribution is 5.35. The molecule has 0 heterocycles. The van der Waals surface area contributed by atoms with Crippen molar-refractivity contribution in [2.75, 3.05) is 13.3 Å². The van der Waals surface area contributed by atoms with Crippen LogP contribution >= 0.6 is 0 Å². The summed E-state index contributed by atoms with van der Waals surface area (Å²) >= 11 is 0. The SMILES string of the molecule is CCC(N)Cc1cccc(F)c1OCCF. The van der Waals surface area contributed by atoms with Gasteiger partial charge < -0.3 is 10.5 Å². The maximum absolute atomic E-state index is 13.4. The Labute approximate surface area is 94.4 Å². The Hall–Kier alpha value is -1.16. The van der Waals surface area contributed by atoms with Crippen LogP contribution in [0.15, 0.2) is 18.2 Å². The summed E-state index contributed by atoms with van der Waals surface area (Å²) in [4.78, 5) is 0. The maximum atomic E-state index is 13.4. The lowest BCUT2D eigenvalue weighted by Gasteiger charge is -2.14. The number of alkyl halides is 1. The van der Waals surface area contributed by atoms with Crippen LogP contribution in [0.25, 0.3) is 0 Å². The molecule has 0 spiro atoms. The first-order valence-electron chi connectivity index (χ1n) is 5.40. The van der Waals surface area contributed by atoms with E-state index >= 15 is 0 Å². The van der Waals surface area contributed by atoms with Crippen LogP contribution in [0.4, 0.5) is 8.78 Å². The molecule has 4 heteroatoms. The first kappa shape index (κ1) is 12.9. The highest BCUT2D eigenvalue weighted by Gasteiger charge is 2.12. The van der Waals surface area contributed by atoms with Gasteiger partial charge in [-0.2, -0.15) is 0 Å². The molecule has 0 bridgehead atoms. The standard InChI is InChI=1S/C12H17F2NO/c1-2-10(15)8-9-4-3-5-11(14)12(9)16-7-6-13/h3-5,10H,2,6-8,15H2,1H3. The number of benzene rings is 1. The van der Waals surface area contributed by atoms with Crippen molar-refractivity contribution < 1.29 is 13.5 Å². The Kier molecular flexibility index (Phi) is 5.19. The lowest BCUT2D eigenvalue weighted by molar-refractivity contribution is 0.259. The molecule has 0 aliphatic rings. The van der Waals surface area contributed by atoms with E-state index in [1.807, 2.05) is 6.92 Å². The van der Waals surface area contributed by atoms with Gasteiger partial charge in [-0.05, 0) is 24.5 Å². The average molecular weight is 229 g/mol. The van der Waals surface area contributed by atoms with Crippen molar-refractivity contribution in [3.63, 3.8) is 0 Å². The smallest absolute Gasteiger partial charge is 0.165 e. The summed E-state index contributed by atoms with van der Waals surface area (Å²) in [6.07, 6.45) is 1.34. The second-order valence-electron chi connectivity index (χ2n) is 3.64. The van der Waals surface area contributed by atoms with Crippen LogP contribution in [0.3, 0.4) is 0 Å². The largest absolute Gasteiger partial charge is 0.487 e. The van der Waals surface area contributed by atoms with Gasteiger partial charge in [0.25, 0.3) is 0 Å². The van der Waals surface area contributed by atoms with E-state index in [9.17, 15) is 8.78 Å². The number of hydrogen-bond donors (Lipinski definition) is 1. The molecule has 0 saturated heterocycles. The lowest BCUT2D eigenvalue weighted by Crippen LogP contribution is -2.22. The predicted molar refractivity (Wildman–Crippen MR) is 59.8 cm³/mol. The zero-order valence-corrected chi connectivity index (χ0v) is 9.38. The highest BCUT2D eigenvalue weighted by atomic mass is 19.1. The zero-order valence-electron chi connectivity index (χ0n) is 9.38. The van der Waals surface area contributed by atoms with Gasteiger partial charge >= 0.3 is 0 Å². The van der Waals surface area contributed by atoms with Crippen LogP contribution in [-0.2, 0) is 6.42 Å². The van der Waals surface area contributed by atoms with Gasteiger partial charge in [0.1, 0.15) is 13.3 Å². The minimum atomic E-state index is -0.631. The summed E-state index contributed by atoms with van der Waals surface area (Å²) in [6.45, 7) is 1.20. The molecule has 2 N–H and O–H groups in total. The normalized spacial score (nSPS) is 12.5. The number of ether oxygens (including phenoxy) is 1. The van der Waals surface area contributed by atoms with Crippen LogP contribution in [-0.4, -0.2) is 19.3 Å². The molecule has 0 aliphatic heterocycles. The van der Waals surface area contributed by atoms with E-state index in [1.54, 1.807) is 12.1 Å². The van der Waals surface area contributed by atoms with Gasteiger partial charge in [0.2, 0.25) is 0 Å². The van der Waals surface area contributed by atoms with E-state index in [4.69, 9.17) is 10.5 Å². The number of rotatable bonds is 6. The van der Waals surface area contributed by atoms with Crippen molar-refractivity contribution in [2.24, 2.45) is 5.73 Å². The minimum Gasteiger partial charge on any atom is -0.487 e. The van der Waals surface area contributed by atoms with Crippen molar-refractivity contribution in [1.29, 1.82) is 0 Å². The molecular formula is C12H17F2NO. The Balaban J connectivity index is 2.84. The van der Waals surface area contributed by atoms with Crippen LogP contribution in [0, 0.1) is 5.82 Å². The van der Waals surface area contributed by atoms with Gasteiger partial charge in [0.05, 0.1) is 0 Å². The quantitative estimate of drug-likeness (QED) is 0.813. The second kappa shape index (κ2) is 6.43. The highest BCUT2D eigenvalue weighted by Crippen LogP contribution is 2.24. The van der Waals surface area contributed by atoms with E-state index < -0.39 is 12.5 Å². The molecule has 0 aliphatic carbocycles. The van der Waals surface area contributed by atoms with Crippen molar-refractivity contribution in [2.45, 2.75) is 25.8 Å². The van der Waals surface area contributed by atoms with Crippen LogP contribution in [0.5, 0.6) is 5.75 Å². The second-order valence-corrected chi connectivity index (χ2v) is 3.64. The maximum Gasteiger partial charge on any atom is 0.165 e. The van der Waals surface area contributed by atoms with Crippen LogP contribution in [0.2, 0.25) is 0 Å². The molecule has 0 amide bonds. The summed E-state index contributed by atoms with van der Waals surface area (Å²) in [5, 5.41) is 0. The third-order valence-corrected chi connectivity index (χ3v) is 2.38. The summed E-state index contributed by atoms with van der Waals surface area (Å²) in [5.41, 5.74) is 6.50. The fraction of sp³-hybridized carbons (Fsp3) is 0.500. The molecule has 0 radical (unpaired) electrons. The van der Waals surface area contributed by atoms with Crippen LogP contribution < -0.4 is 10.5 Å². The number of halogens is 2. The summed E-state index contributed by atoms with van der Waals surface area (Å²) in [5.74, 6) is -0.335. The molecule has 1 atom stereocenters. The molecule has 1 rings (SSSR count). The topological polar surface area (TPSA) is 35.2 Å². The molecule has 1 aromatic carbocycles. The fourth-order valence-corrected chi connectivity index (χ4v) is 1.44. The van der Waals surface area contributed by atoms with E-state index in [0.717, 1.165) is 6.42 Å². The molecular weight excluding hydrogens is 212 g/mol. The molecule has 0 fully saturated rings. The number of nitrogens with two attached hydrogens (primary N) is 1. The Morgan fingerprint density at radius 2 is 2.19 bits per heavy atom. The van der Waals surface area contributed by atoms with E-state index in [-0.39, 0.29) is 18.4 Å². The van der Waals surface area contributed by atoms with Gasteiger partial charge in [0.15, 0.2) is 11.6 Å². The molecule has 1 aromatic rings. The summed E-state index contributed by atoms with van der Waals surface area (Å²) in [6, 6.07) is 4.63. The van der Waals surface area contributed by atoms with Crippen LogP contribution in [0.1, 0.15) is 18.9 Å². The predicted octanol–water partition coefficient (Wildman–Crippen LogP) is 2.45. The molecule has 0 saturated carbocycles. The van der Waals surface area contributed by atoms with Gasteiger partial charge in [0, 0.05) is 6.04 Å². The molecule has 16 heavy (non-hydrogen) atoms. The van der Waals surface area contributed by atoms with Crippen molar-refractivity contribution >= 4 is 0 Å². The summed E-state index contributed by atoms with van der Waals surface area (Å²) < 4.78 is 30.5. The van der Waals surface area contributed by atoms with Gasteiger partial charge in [-0.3, -0.25) is 0 Å². The zero-order chi connectivity index (χ0) is 12.0. The third kappa shape index (κ3) is 3.45. The first-order chi connectivity index (χ1) is 7.69. The number of para-hydroxylation sites is 1. The molecule has 1 unspecified atom stereocenters. The van der Waals surface area contributed by atoms with E-state index in [1.165, 1.54) is 6.07 Å². The lowest BCUT2D eigenvalue weighted by atomic mass is 10.0. The summed E-state index contributed by atoms with van der Waals surface area (Å²) in [7, 11) is 0. The Morgan fingerprint density at radius 3 is 2.81 bits per heavy atom. The van der Waals surface area contributed by atoms with Gasteiger partial charge in [-0.15, -0.1) is 0 Å².